The van der Waals surface area contributed by atoms with Gasteiger partial charge >= 0.3 is 0 Å². The summed E-state index contributed by atoms with van der Waals surface area (Å²) < 4.78 is 0. The lowest BCUT2D eigenvalue weighted by Crippen LogP contribution is -2.53. The van der Waals surface area contributed by atoms with E-state index in [1.54, 1.807) is 33.4 Å². The van der Waals surface area contributed by atoms with Gasteiger partial charge in [0.15, 0.2) is 0 Å². The molecule has 5 aliphatic rings. The minimum absolute atomic E-state index is 0.483. The Labute approximate surface area is 268 Å². The van der Waals surface area contributed by atoms with Gasteiger partial charge in [0.1, 0.15) is 0 Å². The molecule has 2 heteroatoms. The molecule has 2 fully saturated rings. The van der Waals surface area contributed by atoms with Crippen molar-refractivity contribution in [2.45, 2.75) is 153 Å². The summed E-state index contributed by atoms with van der Waals surface area (Å²) in [6, 6.07) is 15.3. The van der Waals surface area contributed by atoms with Crippen LogP contribution in [0.4, 0.5) is 0 Å². The van der Waals surface area contributed by atoms with E-state index >= 15 is 0 Å². The predicted octanol–water partition coefficient (Wildman–Crippen LogP) is 10.6. The molecule has 1 N–H and O–H groups in total. The fourth-order valence-corrected chi connectivity index (χ4v) is 9.84. The number of hydrazine groups is 1. The molecule has 2 aromatic rings. The maximum Gasteiger partial charge on any atom is 0.0450 e. The van der Waals surface area contributed by atoms with Crippen LogP contribution in [0, 0.1) is 5.92 Å². The molecule has 236 valence electrons. The maximum absolute atomic E-state index is 4.23. The highest BCUT2D eigenvalue weighted by molar-refractivity contribution is 5.65. The third-order valence-corrected chi connectivity index (χ3v) is 12.1. The molecular weight excluding hydrogens is 532 g/mol. The van der Waals surface area contributed by atoms with Gasteiger partial charge in [-0.05, 0) is 129 Å². The molecular formula is C42H58N2. The lowest BCUT2D eigenvalue weighted by Gasteiger charge is -2.42. The van der Waals surface area contributed by atoms with E-state index < -0.39 is 0 Å². The van der Waals surface area contributed by atoms with Gasteiger partial charge in [0.25, 0.3) is 0 Å². The molecule has 2 nitrogen and oxygen atoms in total. The van der Waals surface area contributed by atoms with Gasteiger partial charge in [-0.2, -0.15) is 0 Å². The smallest absolute Gasteiger partial charge is 0.0450 e. The van der Waals surface area contributed by atoms with Gasteiger partial charge in [-0.25, -0.2) is 5.01 Å². The van der Waals surface area contributed by atoms with Crippen molar-refractivity contribution in [3.05, 3.63) is 87.5 Å². The number of allylic oxidation sites excluding steroid dienone is 2. The molecule has 0 spiro atoms. The van der Waals surface area contributed by atoms with Crippen molar-refractivity contribution >= 4 is 6.08 Å². The van der Waals surface area contributed by atoms with E-state index in [9.17, 15) is 0 Å². The number of fused-ring (bicyclic) bond motifs is 3. The highest BCUT2D eigenvalue weighted by Gasteiger charge is 2.34. The Morgan fingerprint density at radius 1 is 0.841 bits per heavy atom. The second-order valence-electron chi connectivity index (χ2n) is 15.1. The van der Waals surface area contributed by atoms with Crippen molar-refractivity contribution in [2.75, 3.05) is 6.54 Å². The van der Waals surface area contributed by atoms with E-state index in [0.29, 0.717) is 23.9 Å². The molecule has 44 heavy (non-hydrogen) atoms. The van der Waals surface area contributed by atoms with Crippen LogP contribution in [0.2, 0.25) is 0 Å². The zero-order valence-electron chi connectivity index (χ0n) is 27.7. The molecule has 2 saturated carbocycles. The quantitative estimate of drug-likeness (QED) is 0.231. The Morgan fingerprint density at radius 3 is 2.41 bits per heavy atom. The van der Waals surface area contributed by atoms with E-state index in [1.165, 1.54) is 134 Å². The SMILES string of the molecule is CCC(C1=CC(c2ccccc2)CC(c2cc3c(c4c2C=CCC4)CCCC3)C1)N(CC1CCCCC1)NC1CCCCC1. The topological polar surface area (TPSA) is 15.3 Å². The summed E-state index contributed by atoms with van der Waals surface area (Å²) in [7, 11) is 0. The first-order chi connectivity index (χ1) is 21.8. The Morgan fingerprint density at radius 2 is 1.61 bits per heavy atom. The normalized spacial score (nSPS) is 25.4. The molecule has 0 radical (unpaired) electrons. The van der Waals surface area contributed by atoms with E-state index in [0.717, 1.165) is 5.92 Å². The first-order valence-electron chi connectivity index (χ1n) is 18.9. The number of aryl methyl sites for hydroxylation is 1. The van der Waals surface area contributed by atoms with Gasteiger partial charge in [-0.3, -0.25) is 5.43 Å². The minimum atomic E-state index is 0.483. The van der Waals surface area contributed by atoms with Crippen LogP contribution >= 0.6 is 0 Å². The van der Waals surface area contributed by atoms with E-state index in [4.69, 9.17) is 0 Å². The van der Waals surface area contributed by atoms with E-state index in [2.05, 4.69) is 72.0 Å². The zero-order valence-corrected chi connectivity index (χ0v) is 27.7. The van der Waals surface area contributed by atoms with Gasteiger partial charge in [-0.15, -0.1) is 0 Å². The number of hydrogen-bond donors (Lipinski definition) is 1. The first kappa shape index (κ1) is 30.5. The van der Waals surface area contributed by atoms with Crippen LogP contribution in [0.1, 0.15) is 155 Å². The lowest BCUT2D eigenvalue weighted by molar-refractivity contribution is 0.0704. The molecule has 0 aliphatic heterocycles. The van der Waals surface area contributed by atoms with Crippen molar-refractivity contribution in [2.24, 2.45) is 5.92 Å². The summed E-state index contributed by atoms with van der Waals surface area (Å²) in [5.74, 6) is 1.92. The van der Waals surface area contributed by atoms with Crippen LogP contribution in [-0.4, -0.2) is 23.6 Å². The summed E-state index contributed by atoms with van der Waals surface area (Å²) in [6.07, 6.45) is 33.2. The van der Waals surface area contributed by atoms with Crippen LogP contribution < -0.4 is 5.43 Å². The molecule has 0 aromatic heterocycles. The summed E-state index contributed by atoms with van der Waals surface area (Å²) in [4.78, 5) is 0. The molecule has 2 aromatic carbocycles. The van der Waals surface area contributed by atoms with Gasteiger partial charge in [0.05, 0.1) is 0 Å². The van der Waals surface area contributed by atoms with Gasteiger partial charge in [0, 0.05) is 24.5 Å². The molecule has 0 saturated heterocycles. The van der Waals surface area contributed by atoms with Crippen molar-refractivity contribution in [3.8, 4) is 0 Å². The molecule has 5 aliphatic carbocycles. The third kappa shape index (κ3) is 6.82. The van der Waals surface area contributed by atoms with E-state index in [-0.39, 0.29) is 0 Å². The van der Waals surface area contributed by atoms with E-state index in [1.807, 2.05) is 0 Å². The molecule has 0 heterocycles. The average Bonchev–Trinajstić information content (AvgIpc) is 3.09. The van der Waals surface area contributed by atoms with Crippen LogP contribution in [0.25, 0.3) is 6.08 Å². The first-order valence-corrected chi connectivity index (χ1v) is 18.9. The minimum Gasteiger partial charge on any atom is -0.252 e. The lowest BCUT2D eigenvalue weighted by atomic mass is 9.70. The zero-order chi connectivity index (χ0) is 29.7. The van der Waals surface area contributed by atoms with Crippen molar-refractivity contribution in [3.63, 3.8) is 0 Å². The fourth-order valence-electron chi connectivity index (χ4n) is 9.84. The van der Waals surface area contributed by atoms with Crippen molar-refractivity contribution in [1.82, 2.24) is 10.4 Å². The highest BCUT2D eigenvalue weighted by atomic mass is 15.5. The predicted molar refractivity (Wildman–Crippen MR) is 187 cm³/mol. The molecule has 7 rings (SSSR count). The standard InChI is InChI=1S/C42H58N2/c1-2-42(44(30-31-16-6-3-7-17-31)43-37-21-10-5-11-22-37)36-27-34(32-18-8-4-9-19-32)26-35(28-36)41-29-33-20-12-13-23-38(33)39-24-14-15-25-40(39)41/h4,8-9,15,18-19,25,27,29,31,34-35,37,42-43H,2-3,5-7,10-14,16-17,20-24,26,28,30H2,1H3. The number of hydrogen-bond acceptors (Lipinski definition) is 2. The van der Waals surface area contributed by atoms with Crippen LogP contribution in [-0.2, 0) is 19.3 Å². The van der Waals surface area contributed by atoms with Crippen LogP contribution in [0.5, 0.6) is 0 Å². The largest absolute Gasteiger partial charge is 0.252 e. The molecule has 0 bridgehead atoms. The fraction of sp³-hybridized carbons (Fsp3) is 0.619. The summed E-state index contributed by atoms with van der Waals surface area (Å²) >= 11 is 0. The Hall–Kier alpha value is -2.16. The van der Waals surface area contributed by atoms with Gasteiger partial charge < -0.3 is 0 Å². The van der Waals surface area contributed by atoms with Gasteiger partial charge in [-0.1, -0.05) is 106 Å². The maximum atomic E-state index is 4.23. The van der Waals surface area contributed by atoms with Crippen molar-refractivity contribution < 1.29 is 0 Å². The van der Waals surface area contributed by atoms with Crippen LogP contribution in [0.3, 0.4) is 0 Å². The second kappa shape index (κ2) is 14.5. The van der Waals surface area contributed by atoms with Gasteiger partial charge in [0.2, 0.25) is 0 Å². The third-order valence-electron chi connectivity index (χ3n) is 12.1. The second-order valence-corrected chi connectivity index (χ2v) is 15.1. The van der Waals surface area contributed by atoms with Crippen LogP contribution in [0.15, 0.2) is 54.1 Å². The number of nitrogens with one attached hydrogen (secondary N) is 1. The summed E-state index contributed by atoms with van der Waals surface area (Å²) in [6.45, 7) is 3.69. The average molecular weight is 591 g/mol. The summed E-state index contributed by atoms with van der Waals surface area (Å²) in [5, 5.41) is 2.81. The Kier molecular flexibility index (Phi) is 10.1. The molecule has 0 amide bonds. The molecule has 3 atom stereocenters. The number of benzene rings is 2. The monoisotopic (exact) mass is 590 g/mol. The summed E-state index contributed by atoms with van der Waals surface area (Å²) in [5.41, 5.74) is 15.9. The Bertz CT molecular complexity index is 1270. The van der Waals surface area contributed by atoms with Crippen molar-refractivity contribution in [1.29, 1.82) is 0 Å². The Balaban J connectivity index is 1.25. The highest BCUT2D eigenvalue weighted by Crippen LogP contribution is 2.46. The number of rotatable bonds is 9. The molecule has 3 unspecified atom stereocenters. The number of nitrogens with zero attached hydrogens (tertiary/aromatic N) is 1.